The Balaban J connectivity index is 2.48. The molecule has 56 valence electrons. The van der Waals surface area contributed by atoms with Gasteiger partial charge in [-0.2, -0.15) is 15.4 Å². The first kappa shape index (κ1) is 6.34. The lowest BCUT2D eigenvalue weighted by Crippen LogP contribution is -1.78. The van der Waals surface area contributed by atoms with Crippen LogP contribution >= 0.6 is 0 Å². The molecule has 0 fully saturated rings. The van der Waals surface area contributed by atoms with Crippen molar-refractivity contribution in [1.29, 1.82) is 0 Å². The second kappa shape index (κ2) is 2.34. The number of allylic oxidation sites excluding steroid dienone is 2. The van der Waals surface area contributed by atoms with Gasteiger partial charge in [-0.3, -0.25) is 0 Å². The van der Waals surface area contributed by atoms with Gasteiger partial charge in [0.15, 0.2) is 0 Å². The molecule has 0 spiro atoms. The number of aromatic nitrogens is 3. The van der Waals surface area contributed by atoms with Crippen LogP contribution in [0.5, 0.6) is 0 Å². The molecule has 1 N–H and O–H groups in total. The number of rotatable bonds is 0. The zero-order chi connectivity index (χ0) is 7.68. The number of nitrogens with one attached hydrogen (secondary N) is 1. The Bertz CT molecular complexity index is 280. The molecule has 3 heteroatoms. The van der Waals surface area contributed by atoms with Crippen LogP contribution in [0.2, 0.25) is 0 Å². The second-order valence-corrected chi connectivity index (χ2v) is 2.67. The standard InChI is InChI=1S/C8H9N3/c1-6-2-4-7-8(5-3-6)10-11-9-7/h2-6H,1H3,(H,9,10,11). The van der Waals surface area contributed by atoms with Crippen LogP contribution in [0.15, 0.2) is 12.2 Å². The lowest BCUT2D eigenvalue weighted by Gasteiger charge is -1.90. The molecular weight excluding hydrogens is 138 g/mol. The summed E-state index contributed by atoms with van der Waals surface area (Å²) in [6.07, 6.45) is 8.18. The normalized spacial score (nSPS) is 16.5. The Morgan fingerprint density at radius 3 is 2.27 bits per heavy atom. The predicted molar refractivity (Wildman–Crippen MR) is 43.6 cm³/mol. The van der Waals surface area contributed by atoms with Crippen LogP contribution in [0, 0.1) is 5.92 Å². The quantitative estimate of drug-likeness (QED) is 0.604. The molecule has 0 unspecified atom stereocenters. The van der Waals surface area contributed by atoms with Gasteiger partial charge >= 0.3 is 0 Å². The Kier molecular flexibility index (Phi) is 1.35. The van der Waals surface area contributed by atoms with E-state index in [0.717, 1.165) is 11.4 Å². The molecule has 0 bridgehead atoms. The molecule has 0 atom stereocenters. The highest BCUT2D eigenvalue weighted by molar-refractivity contribution is 5.61. The second-order valence-electron chi connectivity index (χ2n) is 2.67. The van der Waals surface area contributed by atoms with Crippen LogP contribution < -0.4 is 0 Å². The van der Waals surface area contributed by atoms with Gasteiger partial charge in [0.1, 0.15) is 11.4 Å². The zero-order valence-corrected chi connectivity index (χ0v) is 6.28. The minimum Gasteiger partial charge on any atom is -0.197 e. The van der Waals surface area contributed by atoms with Gasteiger partial charge < -0.3 is 0 Å². The fourth-order valence-corrected chi connectivity index (χ4v) is 1.04. The third kappa shape index (κ3) is 1.09. The summed E-state index contributed by atoms with van der Waals surface area (Å²) in [6, 6.07) is 0. The number of hydrogen-bond acceptors (Lipinski definition) is 2. The molecule has 3 nitrogen and oxygen atoms in total. The maximum absolute atomic E-state index is 3.98. The van der Waals surface area contributed by atoms with Crippen molar-refractivity contribution in [2.24, 2.45) is 5.92 Å². The van der Waals surface area contributed by atoms with Crippen molar-refractivity contribution in [1.82, 2.24) is 15.4 Å². The third-order valence-corrected chi connectivity index (χ3v) is 1.72. The Morgan fingerprint density at radius 2 is 1.73 bits per heavy atom. The highest BCUT2D eigenvalue weighted by Crippen LogP contribution is 2.14. The van der Waals surface area contributed by atoms with E-state index in [0.29, 0.717) is 5.92 Å². The van der Waals surface area contributed by atoms with E-state index in [-0.39, 0.29) is 0 Å². The van der Waals surface area contributed by atoms with E-state index in [1.165, 1.54) is 0 Å². The van der Waals surface area contributed by atoms with Gasteiger partial charge in [-0.15, -0.1) is 0 Å². The predicted octanol–water partition coefficient (Wildman–Crippen LogP) is 1.48. The van der Waals surface area contributed by atoms with Gasteiger partial charge in [0.2, 0.25) is 0 Å². The first-order chi connectivity index (χ1) is 5.36. The molecule has 1 aliphatic carbocycles. The number of aromatic amines is 1. The van der Waals surface area contributed by atoms with Gasteiger partial charge in [0, 0.05) is 0 Å². The number of fused-ring (bicyclic) bond motifs is 1. The van der Waals surface area contributed by atoms with Crippen molar-refractivity contribution in [3.05, 3.63) is 23.5 Å². The van der Waals surface area contributed by atoms with E-state index < -0.39 is 0 Å². The summed E-state index contributed by atoms with van der Waals surface area (Å²) in [5, 5.41) is 10.5. The molecule has 0 aromatic carbocycles. The summed E-state index contributed by atoms with van der Waals surface area (Å²) >= 11 is 0. The molecule has 2 rings (SSSR count). The van der Waals surface area contributed by atoms with E-state index in [9.17, 15) is 0 Å². The van der Waals surface area contributed by atoms with E-state index >= 15 is 0 Å². The molecule has 1 aliphatic rings. The van der Waals surface area contributed by atoms with Crippen molar-refractivity contribution >= 4 is 12.2 Å². The van der Waals surface area contributed by atoms with Crippen LogP contribution in [0.1, 0.15) is 18.3 Å². The fraction of sp³-hybridized carbons (Fsp3) is 0.250. The first-order valence-corrected chi connectivity index (χ1v) is 3.63. The van der Waals surface area contributed by atoms with Gasteiger partial charge in [0.25, 0.3) is 0 Å². The van der Waals surface area contributed by atoms with Crippen LogP contribution in [0.25, 0.3) is 12.2 Å². The molecule has 0 aliphatic heterocycles. The first-order valence-electron chi connectivity index (χ1n) is 3.63. The van der Waals surface area contributed by atoms with E-state index in [2.05, 4.69) is 34.5 Å². The summed E-state index contributed by atoms with van der Waals surface area (Å²) in [7, 11) is 0. The highest BCUT2D eigenvalue weighted by Gasteiger charge is 2.04. The molecule has 0 saturated carbocycles. The average Bonchev–Trinajstić information content (AvgIpc) is 2.38. The lowest BCUT2D eigenvalue weighted by atomic mass is 10.2. The zero-order valence-electron chi connectivity index (χ0n) is 6.28. The summed E-state index contributed by atoms with van der Waals surface area (Å²) < 4.78 is 0. The fourth-order valence-electron chi connectivity index (χ4n) is 1.04. The Labute approximate surface area is 64.8 Å². The van der Waals surface area contributed by atoms with Gasteiger partial charge in [-0.05, 0) is 18.1 Å². The third-order valence-electron chi connectivity index (χ3n) is 1.72. The van der Waals surface area contributed by atoms with E-state index in [4.69, 9.17) is 0 Å². The molecule has 1 aromatic heterocycles. The molecule has 11 heavy (non-hydrogen) atoms. The van der Waals surface area contributed by atoms with Gasteiger partial charge in [0.05, 0.1) is 0 Å². The van der Waals surface area contributed by atoms with Crippen molar-refractivity contribution in [3.8, 4) is 0 Å². The average molecular weight is 147 g/mol. The molecule has 1 heterocycles. The smallest absolute Gasteiger partial charge is 0.112 e. The van der Waals surface area contributed by atoms with E-state index in [1.807, 2.05) is 12.2 Å². The molecule has 0 saturated heterocycles. The number of nitrogens with zero attached hydrogens (tertiary/aromatic N) is 2. The number of H-pyrrole nitrogens is 1. The van der Waals surface area contributed by atoms with Crippen LogP contribution in [0.3, 0.4) is 0 Å². The van der Waals surface area contributed by atoms with Crippen LogP contribution in [0.4, 0.5) is 0 Å². The Morgan fingerprint density at radius 1 is 1.18 bits per heavy atom. The summed E-state index contributed by atoms with van der Waals surface area (Å²) in [6.45, 7) is 2.13. The molecule has 0 radical (unpaired) electrons. The SMILES string of the molecule is CC1C=Cc2n[nH]nc2C=C1. The van der Waals surface area contributed by atoms with Gasteiger partial charge in [-0.1, -0.05) is 19.1 Å². The van der Waals surface area contributed by atoms with Crippen LogP contribution in [-0.4, -0.2) is 15.4 Å². The monoisotopic (exact) mass is 147 g/mol. The number of hydrogen-bond donors (Lipinski definition) is 1. The van der Waals surface area contributed by atoms with Crippen molar-refractivity contribution in [2.75, 3.05) is 0 Å². The minimum absolute atomic E-state index is 0.478. The van der Waals surface area contributed by atoms with E-state index in [1.54, 1.807) is 0 Å². The maximum atomic E-state index is 3.98. The van der Waals surface area contributed by atoms with Crippen molar-refractivity contribution in [3.63, 3.8) is 0 Å². The summed E-state index contributed by atoms with van der Waals surface area (Å²) in [5.74, 6) is 0.478. The largest absolute Gasteiger partial charge is 0.197 e. The topological polar surface area (TPSA) is 41.6 Å². The summed E-state index contributed by atoms with van der Waals surface area (Å²) in [5.41, 5.74) is 1.84. The lowest BCUT2D eigenvalue weighted by molar-refractivity contribution is 0.924. The molecule has 1 aromatic rings. The summed E-state index contributed by atoms with van der Waals surface area (Å²) in [4.78, 5) is 0. The Hall–Kier alpha value is -1.38. The minimum atomic E-state index is 0.478. The maximum Gasteiger partial charge on any atom is 0.112 e. The van der Waals surface area contributed by atoms with Crippen molar-refractivity contribution < 1.29 is 0 Å². The van der Waals surface area contributed by atoms with Crippen LogP contribution in [-0.2, 0) is 0 Å². The van der Waals surface area contributed by atoms with Crippen molar-refractivity contribution in [2.45, 2.75) is 6.92 Å². The molecular formula is C8H9N3. The van der Waals surface area contributed by atoms with Gasteiger partial charge in [-0.25, -0.2) is 0 Å². The molecule has 0 amide bonds. The highest BCUT2D eigenvalue weighted by atomic mass is 15.3.